The zero-order chi connectivity index (χ0) is 24.1. The SMILES string of the molecule is CCCN(Cc1ccc(C)cc1)C(=O)CN1C(=O)NC(c2ccccc2)(c2ccccc2)C1=O. The van der Waals surface area contributed by atoms with Gasteiger partial charge in [-0.1, -0.05) is 97.4 Å². The Kier molecular flexibility index (Phi) is 6.77. The van der Waals surface area contributed by atoms with Crippen LogP contribution in [-0.2, 0) is 21.7 Å². The Labute approximate surface area is 200 Å². The third-order valence-corrected chi connectivity index (χ3v) is 6.15. The van der Waals surface area contributed by atoms with Gasteiger partial charge in [0.2, 0.25) is 5.91 Å². The third-order valence-electron chi connectivity index (χ3n) is 6.15. The van der Waals surface area contributed by atoms with E-state index < -0.39 is 17.5 Å². The Morgan fingerprint density at radius 1 is 0.882 bits per heavy atom. The number of amides is 4. The number of benzene rings is 3. The second-order valence-electron chi connectivity index (χ2n) is 8.60. The quantitative estimate of drug-likeness (QED) is 0.517. The lowest BCUT2D eigenvalue weighted by Crippen LogP contribution is -2.46. The zero-order valence-corrected chi connectivity index (χ0v) is 19.5. The molecule has 0 atom stereocenters. The molecule has 0 aromatic heterocycles. The Balaban J connectivity index is 1.62. The van der Waals surface area contributed by atoms with E-state index in [-0.39, 0.29) is 12.5 Å². The van der Waals surface area contributed by atoms with Gasteiger partial charge < -0.3 is 10.2 Å². The fourth-order valence-electron chi connectivity index (χ4n) is 4.36. The molecule has 3 aromatic rings. The molecule has 6 nitrogen and oxygen atoms in total. The Hall–Kier alpha value is -3.93. The Bertz CT molecular complexity index is 1120. The topological polar surface area (TPSA) is 69.7 Å². The van der Waals surface area contributed by atoms with Gasteiger partial charge in [0.05, 0.1) is 0 Å². The molecule has 0 radical (unpaired) electrons. The van der Waals surface area contributed by atoms with Gasteiger partial charge in [-0.05, 0) is 30.0 Å². The van der Waals surface area contributed by atoms with Gasteiger partial charge in [-0.2, -0.15) is 0 Å². The number of aryl methyl sites for hydroxylation is 1. The number of carbonyl (C=O) groups is 3. The summed E-state index contributed by atoms with van der Waals surface area (Å²) in [6.07, 6.45) is 0.774. The number of imide groups is 1. The number of hydrogen-bond donors (Lipinski definition) is 1. The van der Waals surface area contributed by atoms with Gasteiger partial charge >= 0.3 is 6.03 Å². The van der Waals surface area contributed by atoms with Crippen LogP contribution in [0.1, 0.15) is 35.6 Å². The molecule has 1 aliphatic rings. The summed E-state index contributed by atoms with van der Waals surface area (Å²) in [7, 11) is 0. The fourth-order valence-corrected chi connectivity index (χ4v) is 4.36. The van der Waals surface area contributed by atoms with Crippen molar-refractivity contribution in [1.82, 2.24) is 15.1 Å². The van der Waals surface area contributed by atoms with Gasteiger partial charge in [0, 0.05) is 13.1 Å². The maximum absolute atomic E-state index is 13.8. The number of carbonyl (C=O) groups excluding carboxylic acids is 3. The monoisotopic (exact) mass is 455 g/mol. The molecule has 0 unspecified atom stereocenters. The van der Waals surface area contributed by atoms with Gasteiger partial charge in [-0.15, -0.1) is 0 Å². The van der Waals surface area contributed by atoms with Gasteiger partial charge in [0.1, 0.15) is 6.54 Å². The summed E-state index contributed by atoms with van der Waals surface area (Å²) in [5, 5.41) is 2.90. The minimum atomic E-state index is -1.37. The van der Waals surface area contributed by atoms with E-state index in [4.69, 9.17) is 0 Å². The predicted molar refractivity (Wildman–Crippen MR) is 131 cm³/mol. The summed E-state index contributed by atoms with van der Waals surface area (Å²) in [6.45, 7) is 4.68. The average Bonchev–Trinajstić information content (AvgIpc) is 3.11. The van der Waals surface area contributed by atoms with Gasteiger partial charge in [-0.25, -0.2) is 4.79 Å². The number of hydrogen-bond acceptors (Lipinski definition) is 3. The first kappa shape index (κ1) is 23.2. The molecule has 0 saturated carbocycles. The van der Waals surface area contributed by atoms with Crippen LogP contribution in [0.25, 0.3) is 0 Å². The first-order valence-corrected chi connectivity index (χ1v) is 11.5. The number of urea groups is 1. The standard InChI is InChI=1S/C28H29N3O3/c1-3-18-30(19-22-16-14-21(2)15-17-22)25(32)20-31-26(33)28(29-27(31)34,23-10-6-4-7-11-23)24-12-8-5-9-13-24/h4-17H,3,18-20H2,1-2H3,(H,29,34). The smallest absolute Gasteiger partial charge is 0.326 e. The highest BCUT2D eigenvalue weighted by Gasteiger charge is 2.54. The van der Waals surface area contributed by atoms with Crippen molar-refractivity contribution < 1.29 is 14.4 Å². The van der Waals surface area contributed by atoms with Crippen molar-refractivity contribution in [3.05, 3.63) is 107 Å². The van der Waals surface area contributed by atoms with Gasteiger partial charge in [0.25, 0.3) is 5.91 Å². The molecule has 6 heteroatoms. The van der Waals surface area contributed by atoms with Crippen LogP contribution < -0.4 is 5.32 Å². The van der Waals surface area contributed by atoms with Crippen LogP contribution >= 0.6 is 0 Å². The Morgan fingerprint density at radius 2 is 1.44 bits per heavy atom. The predicted octanol–water partition coefficient (Wildman–Crippen LogP) is 4.23. The van der Waals surface area contributed by atoms with Crippen LogP contribution in [0.15, 0.2) is 84.9 Å². The van der Waals surface area contributed by atoms with Crippen molar-refractivity contribution in [2.75, 3.05) is 13.1 Å². The molecule has 174 valence electrons. The van der Waals surface area contributed by atoms with Crippen molar-refractivity contribution in [2.24, 2.45) is 0 Å². The fraction of sp³-hybridized carbons (Fsp3) is 0.250. The van der Waals surface area contributed by atoms with E-state index in [1.54, 1.807) is 4.90 Å². The molecule has 0 spiro atoms. The third kappa shape index (κ3) is 4.44. The normalized spacial score (nSPS) is 14.7. The highest BCUT2D eigenvalue weighted by molar-refractivity contribution is 6.11. The van der Waals surface area contributed by atoms with Gasteiger partial charge in [0.15, 0.2) is 5.54 Å². The van der Waals surface area contributed by atoms with Crippen LogP contribution in [0.4, 0.5) is 4.79 Å². The first-order chi connectivity index (χ1) is 16.5. The summed E-state index contributed by atoms with van der Waals surface area (Å²) in [5.41, 5.74) is 2.09. The van der Waals surface area contributed by atoms with Crippen molar-refractivity contribution in [3.8, 4) is 0 Å². The second-order valence-corrected chi connectivity index (χ2v) is 8.60. The number of rotatable bonds is 8. The molecular weight excluding hydrogens is 426 g/mol. The molecule has 0 aliphatic carbocycles. The van der Waals surface area contributed by atoms with E-state index in [1.807, 2.05) is 98.8 Å². The van der Waals surface area contributed by atoms with Crippen LogP contribution in [-0.4, -0.2) is 40.7 Å². The van der Waals surface area contributed by atoms with Crippen LogP contribution in [0.5, 0.6) is 0 Å². The summed E-state index contributed by atoms with van der Waals surface area (Å²) in [6, 6.07) is 25.7. The van der Waals surface area contributed by atoms with E-state index in [0.29, 0.717) is 24.2 Å². The molecule has 4 amide bonds. The average molecular weight is 456 g/mol. The van der Waals surface area contributed by atoms with E-state index in [0.717, 1.165) is 22.4 Å². The summed E-state index contributed by atoms with van der Waals surface area (Å²) < 4.78 is 0. The first-order valence-electron chi connectivity index (χ1n) is 11.5. The lowest BCUT2D eigenvalue weighted by atomic mass is 9.82. The molecule has 1 fully saturated rings. The van der Waals surface area contributed by atoms with Crippen molar-refractivity contribution in [2.45, 2.75) is 32.4 Å². The lowest BCUT2D eigenvalue weighted by Gasteiger charge is -2.28. The minimum Gasteiger partial charge on any atom is -0.337 e. The molecule has 34 heavy (non-hydrogen) atoms. The molecular formula is C28H29N3O3. The van der Waals surface area contributed by atoms with E-state index in [2.05, 4.69) is 5.32 Å². The molecule has 0 bridgehead atoms. The summed E-state index contributed by atoms with van der Waals surface area (Å²) >= 11 is 0. The maximum atomic E-state index is 13.8. The van der Waals surface area contributed by atoms with Crippen LogP contribution in [0.2, 0.25) is 0 Å². The minimum absolute atomic E-state index is 0.261. The number of nitrogens with one attached hydrogen (secondary N) is 1. The van der Waals surface area contributed by atoms with Crippen molar-refractivity contribution in [1.29, 1.82) is 0 Å². The second kappa shape index (κ2) is 9.91. The molecule has 1 saturated heterocycles. The van der Waals surface area contributed by atoms with Gasteiger partial charge in [-0.3, -0.25) is 14.5 Å². The zero-order valence-electron chi connectivity index (χ0n) is 19.5. The highest BCUT2D eigenvalue weighted by atomic mass is 16.2. The van der Waals surface area contributed by atoms with Crippen molar-refractivity contribution >= 4 is 17.8 Å². The van der Waals surface area contributed by atoms with Crippen LogP contribution in [0.3, 0.4) is 0 Å². The largest absolute Gasteiger partial charge is 0.337 e. The summed E-state index contributed by atoms with van der Waals surface area (Å²) in [5.74, 6) is -0.710. The molecule has 3 aromatic carbocycles. The van der Waals surface area contributed by atoms with Crippen molar-refractivity contribution in [3.63, 3.8) is 0 Å². The molecule has 1 N–H and O–H groups in total. The van der Waals surface area contributed by atoms with Crippen LogP contribution in [0, 0.1) is 6.92 Å². The highest BCUT2D eigenvalue weighted by Crippen LogP contribution is 2.36. The lowest BCUT2D eigenvalue weighted by molar-refractivity contribution is -0.139. The molecule has 4 rings (SSSR count). The molecule has 1 heterocycles. The maximum Gasteiger partial charge on any atom is 0.326 e. The van der Waals surface area contributed by atoms with E-state index >= 15 is 0 Å². The summed E-state index contributed by atoms with van der Waals surface area (Å²) in [4.78, 5) is 42.9. The van der Waals surface area contributed by atoms with E-state index in [9.17, 15) is 14.4 Å². The number of nitrogens with zero attached hydrogens (tertiary/aromatic N) is 2. The Morgan fingerprint density at radius 3 is 1.97 bits per heavy atom. The van der Waals surface area contributed by atoms with E-state index in [1.165, 1.54) is 0 Å². The molecule has 1 aliphatic heterocycles.